The molecule has 24 heavy (non-hydrogen) atoms. The number of aliphatic hydroxyl groups excluding tert-OH is 1. The van der Waals surface area contributed by atoms with E-state index in [2.05, 4.69) is 13.8 Å². The van der Waals surface area contributed by atoms with E-state index >= 15 is 0 Å². The minimum absolute atomic E-state index is 0.0492. The molecule has 0 spiro atoms. The summed E-state index contributed by atoms with van der Waals surface area (Å²) in [6.45, 7) is 6.70. The predicted molar refractivity (Wildman–Crippen MR) is 95.3 cm³/mol. The minimum Gasteiger partial charge on any atom is -0.392 e. The van der Waals surface area contributed by atoms with E-state index in [9.17, 15) is 9.90 Å². The summed E-state index contributed by atoms with van der Waals surface area (Å²) in [5.41, 5.74) is 6.84. The topological polar surface area (TPSA) is 63.3 Å². The highest BCUT2D eigenvalue weighted by molar-refractivity contribution is 5.79. The van der Waals surface area contributed by atoms with E-state index in [1.54, 1.807) is 0 Å². The molecule has 0 saturated heterocycles. The summed E-state index contributed by atoms with van der Waals surface area (Å²) in [4.78, 5) is 12.2. The molecule has 4 saturated carbocycles. The number of nitrogens with two attached hydrogens (primary N) is 1. The van der Waals surface area contributed by atoms with Crippen LogP contribution in [0.4, 0.5) is 0 Å². The van der Waals surface area contributed by atoms with Gasteiger partial charge in [0.05, 0.1) is 6.10 Å². The SMILES string of the molecule is CC(=O)[C@H]1CC[C@H]2[C@@H]3CC[C@H]4C[C@H](O)[C@@H](N)C[C@]4(C)[C@H]3CC[C@]12C. The molecular weight excluding hydrogens is 298 g/mol. The smallest absolute Gasteiger partial charge is 0.133 e. The van der Waals surface area contributed by atoms with Crippen molar-refractivity contribution in [3.63, 3.8) is 0 Å². The van der Waals surface area contributed by atoms with Gasteiger partial charge in [0.15, 0.2) is 0 Å². The number of fused-ring (bicyclic) bond motifs is 5. The lowest BCUT2D eigenvalue weighted by atomic mass is 9.44. The summed E-state index contributed by atoms with van der Waals surface area (Å²) < 4.78 is 0. The van der Waals surface area contributed by atoms with Crippen molar-refractivity contribution in [2.24, 2.45) is 46.2 Å². The van der Waals surface area contributed by atoms with Crippen molar-refractivity contribution in [2.45, 2.75) is 84.3 Å². The molecule has 3 heteroatoms. The second kappa shape index (κ2) is 5.54. The third kappa shape index (κ3) is 2.19. The first-order valence-electron chi connectivity index (χ1n) is 10.2. The zero-order valence-corrected chi connectivity index (χ0v) is 15.6. The van der Waals surface area contributed by atoms with Crippen LogP contribution in [0.1, 0.15) is 72.1 Å². The molecule has 0 aromatic rings. The Morgan fingerprint density at radius 3 is 2.46 bits per heavy atom. The molecule has 3 nitrogen and oxygen atoms in total. The van der Waals surface area contributed by atoms with Crippen molar-refractivity contribution in [3.8, 4) is 0 Å². The average molecular weight is 334 g/mol. The fourth-order valence-electron chi connectivity index (χ4n) is 8.02. The van der Waals surface area contributed by atoms with Crippen molar-refractivity contribution in [2.75, 3.05) is 0 Å². The lowest BCUT2D eigenvalue weighted by Gasteiger charge is -2.61. The maximum atomic E-state index is 12.2. The Bertz CT molecular complexity index is 534. The van der Waals surface area contributed by atoms with Crippen LogP contribution in [0.3, 0.4) is 0 Å². The standard InChI is InChI=1S/C21H35NO2/c1-12(23)15-6-7-16-14-5-4-13-10-19(24)18(22)11-21(13,3)17(14)8-9-20(15,16)2/h13-19,24H,4-11,22H2,1-3H3/t13-,14-,15+,16-,17-,18-,19-,20+,21-/m0/s1. The third-order valence-corrected chi connectivity index (χ3v) is 9.25. The molecule has 0 aromatic heterocycles. The van der Waals surface area contributed by atoms with Crippen LogP contribution in [0.25, 0.3) is 0 Å². The van der Waals surface area contributed by atoms with Crippen molar-refractivity contribution in [1.82, 2.24) is 0 Å². The Morgan fingerprint density at radius 2 is 1.75 bits per heavy atom. The van der Waals surface area contributed by atoms with Gasteiger partial charge in [0.25, 0.3) is 0 Å². The monoisotopic (exact) mass is 333 g/mol. The zero-order valence-electron chi connectivity index (χ0n) is 15.6. The highest BCUT2D eigenvalue weighted by atomic mass is 16.3. The quantitative estimate of drug-likeness (QED) is 0.771. The summed E-state index contributed by atoms with van der Waals surface area (Å²) in [5, 5.41) is 10.3. The molecule has 0 amide bonds. The molecule has 4 rings (SSSR count). The van der Waals surface area contributed by atoms with E-state index in [0.717, 1.165) is 37.0 Å². The van der Waals surface area contributed by atoms with Crippen LogP contribution in [-0.2, 0) is 4.79 Å². The summed E-state index contributed by atoms with van der Waals surface area (Å²) in [6.07, 6.45) is 8.97. The molecule has 0 radical (unpaired) electrons. The minimum atomic E-state index is -0.304. The predicted octanol–water partition coefficient (Wildman–Crippen LogP) is 3.53. The Labute approximate surface area is 146 Å². The molecule has 0 aromatic carbocycles. The maximum Gasteiger partial charge on any atom is 0.133 e. The van der Waals surface area contributed by atoms with Gasteiger partial charge in [-0.3, -0.25) is 4.79 Å². The number of Topliss-reactive ketones (excluding diaryl/α,β-unsaturated/α-hetero) is 1. The van der Waals surface area contributed by atoms with Crippen LogP contribution in [0.15, 0.2) is 0 Å². The Morgan fingerprint density at radius 1 is 1.04 bits per heavy atom. The molecule has 136 valence electrons. The maximum absolute atomic E-state index is 12.2. The molecule has 4 aliphatic carbocycles. The molecule has 3 N–H and O–H groups in total. The number of rotatable bonds is 1. The number of hydrogen-bond acceptors (Lipinski definition) is 3. The molecule has 0 bridgehead atoms. The second-order valence-electron chi connectivity index (χ2n) is 10.1. The van der Waals surface area contributed by atoms with E-state index in [0.29, 0.717) is 23.0 Å². The largest absolute Gasteiger partial charge is 0.392 e. The lowest BCUT2D eigenvalue weighted by Crippen LogP contribution is -2.58. The van der Waals surface area contributed by atoms with Gasteiger partial charge in [-0.05, 0) is 92.8 Å². The zero-order chi connectivity index (χ0) is 17.3. The van der Waals surface area contributed by atoms with Crippen LogP contribution < -0.4 is 5.73 Å². The van der Waals surface area contributed by atoms with Crippen LogP contribution in [-0.4, -0.2) is 23.0 Å². The van der Waals surface area contributed by atoms with E-state index < -0.39 is 0 Å². The van der Waals surface area contributed by atoms with Crippen LogP contribution in [0.5, 0.6) is 0 Å². The highest BCUT2D eigenvalue weighted by Crippen LogP contribution is 2.67. The molecule has 0 unspecified atom stereocenters. The summed E-state index contributed by atoms with van der Waals surface area (Å²) in [6, 6.07) is -0.0492. The van der Waals surface area contributed by atoms with Gasteiger partial charge in [0, 0.05) is 12.0 Å². The van der Waals surface area contributed by atoms with Gasteiger partial charge in [0.2, 0.25) is 0 Å². The summed E-state index contributed by atoms with van der Waals surface area (Å²) in [5.74, 6) is 3.61. The van der Waals surface area contributed by atoms with Crippen LogP contribution >= 0.6 is 0 Å². The average Bonchev–Trinajstić information content (AvgIpc) is 2.86. The van der Waals surface area contributed by atoms with Crippen LogP contribution in [0, 0.1) is 40.4 Å². The third-order valence-electron chi connectivity index (χ3n) is 9.25. The van der Waals surface area contributed by atoms with Crippen LogP contribution in [0.2, 0.25) is 0 Å². The Balaban J connectivity index is 1.62. The molecule has 4 fully saturated rings. The van der Waals surface area contributed by atoms with Gasteiger partial charge in [0.1, 0.15) is 5.78 Å². The van der Waals surface area contributed by atoms with Gasteiger partial charge in [-0.25, -0.2) is 0 Å². The number of aliphatic hydroxyl groups is 1. The lowest BCUT2D eigenvalue weighted by molar-refractivity contribution is -0.140. The summed E-state index contributed by atoms with van der Waals surface area (Å²) in [7, 11) is 0. The molecule has 0 aliphatic heterocycles. The Hall–Kier alpha value is -0.410. The number of carbonyl (C=O) groups excluding carboxylic acids is 1. The van der Waals surface area contributed by atoms with Gasteiger partial charge in [-0.1, -0.05) is 13.8 Å². The first kappa shape index (κ1) is 17.0. The van der Waals surface area contributed by atoms with Crippen molar-refractivity contribution in [1.29, 1.82) is 0 Å². The molecule has 0 heterocycles. The first-order chi connectivity index (χ1) is 11.3. The van der Waals surface area contributed by atoms with E-state index in [1.807, 2.05) is 6.92 Å². The van der Waals surface area contributed by atoms with Crippen molar-refractivity contribution in [3.05, 3.63) is 0 Å². The summed E-state index contributed by atoms with van der Waals surface area (Å²) >= 11 is 0. The van der Waals surface area contributed by atoms with E-state index in [-0.39, 0.29) is 17.6 Å². The van der Waals surface area contributed by atoms with E-state index in [4.69, 9.17) is 5.73 Å². The number of carbonyl (C=O) groups is 1. The first-order valence-corrected chi connectivity index (χ1v) is 10.2. The van der Waals surface area contributed by atoms with Gasteiger partial charge in [-0.15, -0.1) is 0 Å². The molecule has 4 aliphatic rings. The number of hydrogen-bond donors (Lipinski definition) is 2. The van der Waals surface area contributed by atoms with Gasteiger partial charge >= 0.3 is 0 Å². The second-order valence-corrected chi connectivity index (χ2v) is 10.1. The fraction of sp³-hybridized carbons (Fsp3) is 0.952. The van der Waals surface area contributed by atoms with Crippen molar-refractivity contribution >= 4 is 5.78 Å². The Kier molecular flexibility index (Phi) is 3.93. The van der Waals surface area contributed by atoms with Gasteiger partial charge in [-0.2, -0.15) is 0 Å². The van der Waals surface area contributed by atoms with Crippen molar-refractivity contribution < 1.29 is 9.90 Å². The molecular formula is C21H35NO2. The highest BCUT2D eigenvalue weighted by Gasteiger charge is 2.61. The van der Waals surface area contributed by atoms with Gasteiger partial charge < -0.3 is 10.8 Å². The number of ketones is 1. The molecule has 9 atom stereocenters. The van der Waals surface area contributed by atoms with E-state index in [1.165, 1.54) is 32.1 Å². The fourth-order valence-corrected chi connectivity index (χ4v) is 8.02. The normalized spacial score (nSPS) is 57.0.